The van der Waals surface area contributed by atoms with Crippen LogP contribution < -0.4 is 15.8 Å². The summed E-state index contributed by atoms with van der Waals surface area (Å²) in [5, 5.41) is 13.9. The molecule has 0 saturated heterocycles. The van der Waals surface area contributed by atoms with Crippen molar-refractivity contribution in [2.75, 3.05) is 24.7 Å². The van der Waals surface area contributed by atoms with Crippen molar-refractivity contribution in [2.24, 2.45) is 0 Å². The summed E-state index contributed by atoms with van der Waals surface area (Å²) in [6.45, 7) is 0.456. The number of nitrogen functional groups attached to an aromatic ring is 1. The van der Waals surface area contributed by atoms with Gasteiger partial charge in [0, 0.05) is 6.54 Å². The highest BCUT2D eigenvalue weighted by molar-refractivity contribution is 5.67. The minimum atomic E-state index is -0.596. The van der Waals surface area contributed by atoms with Gasteiger partial charge in [-0.05, 0) is 18.1 Å². The number of benzene rings is 1. The van der Waals surface area contributed by atoms with Gasteiger partial charge in [0.25, 0.3) is 0 Å². The molecule has 1 heterocycles. The lowest BCUT2D eigenvalue weighted by molar-refractivity contribution is -0.383. The molecule has 0 saturated carbocycles. The Morgan fingerprint density at radius 1 is 1.38 bits per heavy atom. The predicted octanol–water partition coefficient (Wildman–Crippen LogP) is 1.63. The van der Waals surface area contributed by atoms with Crippen LogP contribution in [0.25, 0.3) is 0 Å². The molecule has 0 fully saturated rings. The lowest BCUT2D eigenvalue weighted by Gasteiger charge is -2.09. The van der Waals surface area contributed by atoms with Crippen LogP contribution in [0, 0.1) is 10.1 Å². The smallest absolute Gasteiger partial charge is 0.352 e. The van der Waals surface area contributed by atoms with Gasteiger partial charge in [0.15, 0.2) is 0 Å². The zero-order chi connectivity index (χ0) is 15.2. The zero-order valence-corrected chi connectivity index (χ0v) is 11.4. The van der Waals surface area contributed by atoms with Gasteiger partial charge >= 0.3 is 5.69 Å². The minimum Gasteiger partial charge on any atom is -0.496 e. The standard InChI is InChI=1S/C13H15N5O3/c1-21-10-5-3-2-4-9(10)6-7-15-13-11(18(19)20)12(14)16-8-17-13/h2-5,8H,6-7H2,1H3,(H3,14,15,16,17). The maximum Gasteiger partial charge on any atom is 0.352 e. The van der Waals surface area contributed by atoms with Crippen molar-refractivity contribution < 1.29 is 9.66 Å². The monoisotopic (exact) mass is 289 g/mol. The van der Waals surface area contributed by atoms with Crippen LogP contribution in [0.2, 0.25) is 0 Å². The molecule has 110 valence electrons. The van der Waals surface area contributed by atoms with E-state index in [1.165, 1.54) is 6.33 Å². The first-order valence-corrected chi connectivity index (χ1v) is 6.24. The fourth-order valence-corrected chi connectivity index (χ4v) is 1.93. The number of nitrogens with one attached hydrogen (secondary N) is 1. The average molecular weight is 289 g/mol. The van der Waals surface area contributed by atoms with Crippen molar-refractivity contribution in [3.05, 3.63) is 46.3 Å². The summed E-state index contributed by atoms with van der Waals surface area (Å²) < 4.78 is 5.25. The number of nitrogens with two attached hydrogens (primary N) is 1. The number of hydrogen-bond acceptors (Lipinski definition) is 7. The van der Waals surface area contributed by atoms with Gasteiger partial charge in [0.05, 0.1) is 12.0 Å². The van der Waals surface area contributed by atoms with E-state index in [1.54, 1.807) is 7.11 Å². The summed E-state index contributed by atoms with van der Waals surface area (Å²) in [7, 11) is 1.60. The first-order valence-electron chi connectivity index (χ1n) is 6.24. The molecule has 0 aliphatic carbocycles. The molecule has 2 rings (SSSR count). The van der Waals surface area contributed by atoms with Crippen LogP contribution in [0.3, 0.4) is 0 Å². The van der Waals surface area contributed by atoms with Crippen molar-refractivity contribution in [3.8, 4) is 5.75 Å². The summed E-state index contributed by atoms with van der Waals surface area (Å²) in [4.78, 5) is 17.8. The number of nitro groups is 1. The first kappa shape index (κ1) is 14.5. The van der Waals surface area contributed by atoms with Crippen LogP contribution in [0.1, 0.15) is 5.56 Å². The Balaban J connectivity index is 2.07. The van der Waals surface area contributed by atoms with Crippen LogP contribution in [0.4, 0.5) is 17.3 Å². The van der Waals surface area contributed by atoms with E-state index in [-0.39, 0.29) is 17.3 Å². The molecule has 0 spiro atoms. The molecule has 0 unspecified atom stereocenters. The van der Waals surface area contributed by atoms with Crippen LogP contribution >= 0.6 is 0 Å². The van der Waals surface area contributed by atoms with Gasteiger partial charge in [0.2, 0.25) is 11.6 Å². The van der Waals surface area contributed by atoms with E-state index in [4.69, 9.17) is 10.5 Å². The molecule has 8 nitrogen and oxygen atoms in total. The molecule has 1 aromatic carbocycles. The molecule has 0 bridgehead atoms. The van der Waals surface area contributed by atoms with E-state index in [1.807, 2.05) is 24.3 Å². The number of hydrogen-bond donors (Lipinski definition) is 2. The molecule has 3 N–H and O–H groups in total. The minimum absolute atomic E-state index is 0.113. The highest BCUT2D eigenvalue weighted by atomic mass is 16.6. The van der Waals surface area contributed by atoms with Crippen LogP contribution in [-0.2, 0) is 6.42 Å². The second kappa shape index (κ2) is 6.51. The van der Waals surface area contributed by atoms with Crippen LogP contribution in [0.5, 0.6) is 5.75 Å². The molecule has 0 aliphatic heterocycles. The van der Waals surface area contributed by atoms with Gasteiger partial charge in [-0.2, -0.15) is 0 Å². The number of methoxy groups -OCH3 is 1. The molecule has 0 amide bonds. The lowest BCUT2D eigenvalue weighted by Crippen LogP contribution is -2.11. The SMILES string of the molecule is COc1ccccc1CCNc1ncnc(N)c1[N+](=O)[O-]. The van der Waals surface area contributed by atoms with Gasteiger partial charge in [-0.15, -0.1) is 0 Å². The van der Waals surface area contributed by atoms with Crippen LogP contribution in [-0.4, -0.2) is 28.5 Å². The number of nitrogens with zero attached hydrogens (tertiary/aromatic N) is 3. The number of anilines is 2. The normalized spacial score (nSPS) is 10.1. The van der Waals surface area contributed by atoms with Gasteiger partial charge < -0.3 is 15.8 Å². The van der Waals surface area contributed by atoms with Crippen molar-refractivity contribution in [1.82, 2.24) is 9.97 Å². The van der Waals surface area contributed by atoms with Crippen LogP contribution in [0.15, 0.2) is 30.6 Å². The molecule has 0 aliphatic rings. The van der Waals surface area contributed by atoms with Gasteiger partial charge in [0.1, 0.15) is 12.1 Å². The fourth-order valence-electron chi connectivity index (χ4n) is 1.93. The van der Waals surface area contributed by atoms with Crippen molar-refractivity contribution in [1.29, 1.82) is 0 Å². The molecule has 0 radical (unpaired) electrons. The highest BCUT2D eigenvalue weighted by Gasteiger charge is 2.20. The summed E-state index contributed by atoms with van der Waals surface area (Å²) in [5.41, 5.74) is 6.19. The largest absolute Gasteiger partial charge is 0.496 e. The molecule has 2 aromatic rings. The van der Waals surface area contributed by atoms with Crippen molar-refractivity contribution >= 4 is 17.3 Å². The predicted molar refractivity (Wildman–Crippen MR) is 78.3 cm³/mol. The molecule has 1 aromatic heterocycles. The zero-order valence-electron chi connectivity index (χ0n) is 11.4. The fraction of sp³-hybridized carbons (Fsp3) is 0.231. The number of ether oxygens (including phenoxy) is 1. The number of para-hydroxylation sites is 1. The summed E-state index contributed by atoms with van der Waals surface area (Å²) in [6, 6.07) is 7.58. The van der Waals surface area contributed by atoms with Crippen molar-refractivity contribution in [3.63, 3.8) is 0 Å². The Labute approximate surface area is 121 Å². The van der Waals surface area contributed by atoms with E-state index in [2.05, 4.69) is 15.3 Å². The van der Waals surface area contributed by atoms with Gasteiger partial charge in [-0.25, -0.2) is 9.97 Å². The molecule has 0 atom stereocenters. The first-order chi connectivity index (χ1) is 10.1. The Morgan fingerprint density at radius 3 is 2.86 bits per heavy atom. The Hall–Kier alpha value is -2.90. The topological polar surface area (TPSA) is 116 Å². The van der Waals surface area contributed by atoms with E-state index in [9.17, 15) is 10.1 Å². The van der Waals surface area contributed by atoms with E-state index in [0.717, 1.165) is 11.3 Å². The molecular weight excluding hydrogens is 274 g/mol. The van der Waals surface area contributed by atoms with E-state index in [0.29, 0.717) is 13.0 Å². The second-order valence-electron chi connectivity index (χ2n) is 4.20. The summed E-state index contributed by atoms with van der Waals surface area (Å²) in [6.07, 6.45) is 1.82. The molecule has 8 heteroatoms. The maximum absolute atomic E-state index is 11.0. The summed E-state index contributed by atoms with van der Waals surface area (Å²) >= 11 is 0. The van der Waals surface area contributed by atoms with E-state index >= 15 is 0 Å². The number of aromatic nitrogens is 2. The number of rotatable bonds is 6. The average Bonchev–Trinajstić information content (AvgIpc) is 2.47. The third-order valence-electron chi connectivity index (χ3n) is 2.91. The quantitative estimate of drug-likeness (QED) is 0.613. The van der Waals surface area contributed by atoms with Gasteiger partial charge in [-0.1, -0.05) is 18.2 Å². The molecular formula is C13H15N5O3. The second-order valence-corrected chi connectivity index (χ2v) is 4.20. The van der Waals surface area contributed by atoms with Gasteiger partial charge in [-0.3, -0.25) is 10.1 Å². The maximum atomic E-state index is 11.0. The Kier molecular flexibility index (Phi) is 4.50. The van der Waals surface area contributed by atoms with E-state index < -0.39 is 4.92 Å². The Morgan fingerprint density at radius 2 is 2.14 bits per heavy atom. The molecule has 21 heavy (non-hydrogen) atoms. The third kappa shape index (κ3) is 3.35. The summed E-state index contributed by atoms with van der Waals surface area (Å²) in [5.74, 6) is 0.730. The third-order valence-corrected chi connectivity index (χ3v) is 2.91. The van der Waals surface area contributed by atoms with Crippen molar-refractivity contribution in [2.45, 2.75) is 6.42 Å². The Bertz CT molecular complexity index is 647. The highest BCUT2D eigenvalue weighted by Crippen LogP contribution is 2.26. The lowest BCUT2D eigenvalue weighted by atomic mass is 10.1.